The molecular weight excluding hydrogens is 258 g/mol. The molecule has 0 saturated carbocycles. The summed E-state index contributed by atoms with van der Waals surface area (Å²) < 4.78 is 26.2. The van der Waals surface area contributed by atoms with Crippen LogP contribution in [0.3, 0.4) is 0 Å². The summed E-state index contributed by atoms with van der Waals surface area (Å²) in [6, 6.07) is 7.25. The van der Waals surface area contributed by atoms with Crippen molar-refractivity contribution in [2.24, 2.45) is 0 Å². The maximum atomic E-state index is 12.3. The fourth-order valence-electron chi connectivity index (χ4n) is 2.21. The van der Waals surface area contributed by atoms with E-state index in [-0.39, 0.29) is 5.92 Å². The summed E-state index contributed by atoms with van der Waals surface area (Å²) in [6.07, 6.45) is 0.690. The molecule has 0 N–H and O–H groups in total. The SMILES string of the molecule is CC1CN(CCCCl)S(=O)(=O)c2ccccc21. The number of alkyl halides is 1. The van der Waals surface area contributed by atoms with Crippen molar-refractivity contribution >= 4 is 21.6 Å². The number of sulfonamides is 1. The molecule has 1 aromatic carbocycles. The van der Waals surface area contributed by atoms with E-state index in [2.05, 4.69) is 6.92 Å². The van der Waals surface area contributed by atoms with Crippen molar-refractivity contribution in [3.63, 3.8) is 0 Å². The largest absolute Gasteiger partial charge is 0.243 e. The van der Waals surface area contributed by atoms with Crippen molar-refractivity contribution in [3.05, 3.63) is 29.8 Å². The molecular formula is C12H16ClNO2S. The highest BCUT2D eigenvalue weighted by molar-refractivity contribution is 7.89. The van der Waals surface area contributed by atoms with E-state index >= 15 is 0 Å². The van der Waals surface area contributed by atoms with Gasteiger partial charge in [0.2, 0.25) is 10.0 Å². The van der Waals surface area contributed by atoms with Crippen LogP contribution in [0.25, 0.3) is 0 Å². The van der Waals surface area contributed by atoms with E-state index in [0.29, 0.717) is 30.3 Å². The fourth-order valence-corrected chi connectivity index (χ4v) is 4.22. The number of hydrogen-bond acceptors (Lipinski definition) is 2. The summed E-state index contributed by atoms with van der Waals surface area (Å²) in [7, 11) is -3.31. The van der Waals surface area contributed by atoms with Crippen molar-refractivity contribution in [2.75, 3.05) is 19.0 Å². The highest BCUT2D eigenvalue weighted by Crippen LogP contribution is 2.32. The first-order chi connectivity index (χ1) is 8.07. The fraction of sp³-hybridized carbons (Fsp3) is 0.500. The maximum absolute atomic E-state index is 12.3. The van der Waals surface area contributed by atoms with E-state index in [9.17, 15) is 8.42 Å². The molecule has 17 heavy (non-hydrogen) atoms. The number of fused-ring (bicyclic) bond motifs is 1. The van der Waals surface area contributed by atoms with Gasteiger partial charge in [-0.05, 0) is 24.0 Å². The Bertz CT molecular complexity index is 501. The normalized spacial score (nSPS) is 23.3. The van der Waals surface area contributed by atoms with Crippen LogP contribution >= 0.6 is 11.6 Å². The Balaban J connectivity index is 2.40. The summed E-state index contributed by atoms with van der Waals surface area (Å²) >= 11 is 5.63. The van der Waals surface area contributed by atoms with Gasteiger partial charge in [0, 0.05) is 19.0 Å². The van der Waals surface area contributed by atoms with E-state index in [0.717, 1.165) is 5.56 Å². The lowest BCUT2D eigenvalue weighted by molar-refractivity contribution is 0.376. The zero-order chi connectivity index (χ0) is 12.5. The molecule has 0 aromatic heterocycles. The predicted molar refractivity (Wildman–Crippen MR) is 69.0 cm³/mol. The van der Waals surface area contributed by atoms with Gasteiger partial charge in [-0.15, -0.1) is 11.6 Å². The van der Waals surface area contributed by atoms with Gasteiger partial charge >= 0.3 is 0 Å². The summed E-state index contributed by atoms with van der Waals surface area (Å²) in [5.41, 5.74) is 0.926. The Labute approximate surface area is 107 Å². The maximum Gasteiger partial charge on any atom is 0.243 e. The van der Waals surface area contributed by atoms with Crippen LogP contribution < -0.4 is 0 Å². The molecule has 0 fully saturated rings. The molecule has 3 nitrogen and oxygen atoms in total. The Kier molecular flexibility index (Phi) is 3.76. The monoisotopic (exact) mass is 273 g/mol. The van der Waals surface area contributed by atoms with Crippen molar-refractivity contribution in [3.8, 4) is 0 Å². The number of nitrogens with zero attached hydrogens (tertiary/aromatic N) is 1. The van der Waals surface area contributed by atoms with Gasteiger partial charge in [0.15, 0.2) is 0 Å². The standard InChI is InChI=1S/C12H16ClNO2S/c1-10-9-14(8-4-7-13)17(15,16)12-6-3-2-5-11(10)12/h2-3,5-6,10H,4,7-9H2,1H3. The molecule has 0 aliphatic carbocycles. The van der Waals surface area contributed by atoms with Gasteiger partial charge in [-0.1, -0.05) is 25.1 Å². The summed E-state index contributed by atoms with van der Waals surface area (Å²) in [5, 5.41) is 0. The number of benzene rings is 1. The molecule has 0 bridgehead atoms. The van der Waals surface area contributed by atoms with Gasteiger partial charge in [0.25, 0.3) is 0 Å². The van der Waals surface area contributed by atoms with Gasteiger partial charge in [-0.3, -0.25) is 0 Å². The minimum absolute atomic E-state index is 0.241. The third kappa shape index (κ3) is 2.34. The van der Waals surface area contributed by atoms with Gasteiger partial charge in [0.1, 0.15) is 0 Å². The first-order valence-corrected chi connectivity index (χ1v) is 7.70. The Morgan fingerprint density at radius 2 is 2.12 bits per heavy atom. The third-order valence-corrected chi connectivity index (χ3v) is 5.29. The average molecular weight is 274 g/mol. The van der Waals surface area contributed by atoms with Crippen molar-refractivity contribution in [1.29, 1.82) is 0 Å². The quantitative estimate of drug-likeness (QED) is 0.793. The van der Waals surface area contributed by atoms with Gasteiger partial charge in [-0.25, -0.2) is 8.42 Å². The number of halogens is 1. The molecule has 1 heterocycles. The van der Waals surface area contributed by atoms with Crippen LogP contribution in [0.5, 0.6) is 0 Å². The highest BCUT2D eigenvalue weighted by atomic mass is 35.5. The van der Waals surface area contributed by atoms with Crippen LogP contribution in [0, 0.1) is 0 Å². The molecule has 1 aromatic rings. The van der Waals surface area contributed by atoms with Gasteiger partial charge in [0.05, 0.1) is 4.90 Å². The molecule has 94 valence electrons. The lowest BCUT2D eigenvalue weighted by Gasteiger charge is -2.32. The van der Waals surface area contributed by atoms with Crippen molar-refractivity contribution < 1.29 is 8.42 Å². The highest BCUT2D eigenvalue weighted by Gasteiger charge is 2.34. The van der Waals surface area contributed by atoms with Crippen LogP contribution in [-0.4, -0.2) is 31.7 Å². The lowest BCUT2D eigenvalue weighted by Crippen LogP contribution is -2.39. The van der Waals surface area contributed by atoms with Crippen molar-refractivity contribution in [2.45, 2.75) is 24.2 Å². The topological polar surface area (TPSA) is 37.4 Å². The first kappa shape index (κ1) is 12.9. The Hall–Kier alpha value is -0.580. The minimum Gasteiger partial charge on any atom is -0.207 e. The lowest BCUT2D eigenvalue weighted by atomic mass is 10.0. The number of hydrogen-bond donors (Lipinski definition) is 0. The van der Waals surface area contributed by atoms with Crippen LogP contribution in [-0.2, 0) is 10.0 Å². The van der Waals surface area contributed by atoms with Gasteiger partial charge in [-0.2, -0.15) is 4.31 Å². The summed E-state index contributed by atoms with van der Waals surface area (Å²) in [4.78, 5) is 0.452. The first-order valence-electron chi connectivity index (χ1n) is 5.72. The average Bonchev–Trinajstić information content (AvgIpc) is 2.32. The molecule has 1 aliphatic heterocycles. The summed E-state index contributed by atoms with van der Waals surface area (Å²) in [6.45, 7) is 3.11. The van der Waals surface area contributed by atoms with Crippen LogP contribution in [0.15, 0.2) is 29.2 Å². The van der Waals surface area contributed by atoms with E-state index in [1.54, 1.807) is 16.4 Å². The minimum atomic E-state index is -3.31. The number of rotatable bonds is 3. The second kappa shape index (κ2) is 4.96. The molecule has 0 radical (unpaired) electrons. The van der Waals surface area contributed by atoms with Crippen LogP contribution in [0.2, 0.25) is 0 Å². The zero-order valence-electron chi connectivity index (χ0n) is 9.77. The molecule has 0 spiro atoms. The molecule has 5 heteroatoms. The predicted octanol–water partition coefficient (Wildman–Crippen LogP) is 2.42. The smallest absolute Gasteiger partial charge is 0.207 e. The zero-order valence-corrected chi connectivity index (χ0v) is 11.3. The Morgan fingerprint density at radius 1 is 1.41 bits per heavy atom. The Morgan fingerprint density at radius 3 is 2.82 bits per heavy atom. The molecule has 0 saturated heterocycles. The van der Waals surface area contributed by atoms with E-state index in [1.165, 1.54) is 0 Å². The van der Waals surface area contributed by atoms with Crippen LogP contribution in [0.4, 0.5) is 0 Å². The summed E-state index contributed by atoms with van der Waals surface area (Å²) in [5.74, 6) is 0.729. The van der Waals surface area contributed by atoms with Gasteiger partial charge < -0.3 is 0 Å². The van der Waals surface area contributed by atoms with Crippen LogP contribution in [0.1, 0.15) is 24.8 Å². The van der Waals surface area contributed by atoms with E-state index in [4.69, 9.17) is 11.6 Å². The molecule has 1 aliphatic rings. The molecule has 2 rings (SSSR count). The molecule has 1 atom stereocenters. The second-order valence-electron chi connectivity index (χ2n) is 4.34. The molecule has 0 amide bonds. The van der Waals surface area contributed by atoms with E-state index in [1.807, 2.05) is 12.1 Å². The second-order valence-corrected chi connectivity index (χ2v) is 6.63. The van der Waals surface area contributed by atoms with Crippen molar-refractivity contribution in [1.82, 2.24) is 4.31 Å². The van der Waals surface area contributed by atoms with E-state index < -0.39 is 10.0 Å². The molecule has 1 unspecified atom stereocenters. The third-order valence-electron chi connectivity index (χ3n) is 3.09.